The van der Waals surface area contributed by atoms with E-state index in [0.29, 0.717) is 18.8 Å². The van der Waals surface area contributed by atoms with E-state index in [1.807, 2.05) is 41.0 Å². The second-order valence-corrected chi connectivity index (χ2v) is 8.01. The number of thiazole rings is 1. The molecule has 1 aliphatic heterocycles. The van der Waals surface area contributed by atoms with Gasteiger partial charge in [0.15, 0.2) is 5.13 Å². The number of aromatic nitrogens is 3. The Bertz CT molecular complexity index is 1260. The first kappa shape index (κ1) is 20.2. The summed E-state index contributed by atoms with van der Waals surface area (Å²) in [6.45, 7) is 2.78. The fraction of sp³-hybridized carbons (Fsp3) is 0.182. The van der Waals surface area contributed by atoms with Crippen molar-refractivity contribution in [2.24, 2.45) is 0 Å². The van der Waals surface area contributed by atoms with E-state index in [1.165, 1.54) is 11.3 Å². The Labute approximate surface area is 187 Å². The third-order valence-corrected chi connectivity index (χ3v) is 6.06. The van der Waals surface area contributed by atoms with E-state index in [0.717, 1.165) is 34.9 Å². The SMILES string of the molecule is O=C(NNC(=O)c1csc(N2CCOCC2)n1)c1ccc(-n2cnc3ccccc32)cc1. The molecule has 3 heterocycles. The lowest BCUT2D eigenvalue weighted by Gasteiger charge is -2.25. The number of benzene rings is 2. The lowest BCUT2D eigenvalue weighted by molar-refractivity contribution is 0.0844. The molecule has 0 saturated carbocycles. The number of fused-ring (bicyclic) bond motifs is 1. The number of nitrogens with zero attached hydrogens (tertiary/aromatic N) is 4. The van der Waals surface area contributed by atoms with Crippen LogP contribution in [0.4, 0.5) is 5.13 Å². The van der Waals surface area contributed by atoms with Gasteiger partial charge in [0.1, 0.15) is 12.0 Å². The normalized spacial score (nSPS) is 13.8. The van der Waals surface area contributed by atoms with Gasteiger partial charge in [0.2, 0.25) is 0 Å². The summed E-state index contributed by atoms with van der Waals surface area (Å²) in [4.78, 5) is 35.7. The first-order valence-electron chi connectivity index (χ1n) is 10.1. The topological polar surface area (TPSA) is 101 Å². The standard InChI is InChI=1S/C22H20N6O3S/c29-20(25-26-21(30)18-13-32-22(24-18)27-9-11-31-12-10-27)15-5-7-16(8-6-15)28-14-23-17-3-1-2-4-19(17)28/h1-8,13-14H,9-12H2,(H,25,29)(H,26,30). The molecule has 10 heteroatoms. The number of morpholine rings is 1. The van der Waals surface area contributed by atoms with E-state index in [9.17, 15) is 9.59 Å². The number of hydrazine groups is 1. The first-order valence-corrected chi connectivity index (χ1v) is 11.0. The van der Waals surface area contributed by atoms with Crippen LogP contribution in [0.25, 0.3) is 16.7 Å². The maximum Gasteiger partial charge on any atom is 0.289 e. The molecule has 162 valence electrons. The average molecular weight is 449 g/mol. The molecule has 0 bridgehead atoms. The molecule has 2 amide bonds. The molecular weight excluding hydrogens is 428 g/mol. The Kier molecular flexibility index (Phi) is 5.53. The number of para-hydroxylation sites is 2. The van der Waals surface area contributed by atoms with Gasteiger partial charge < -0.3 is 9.64 Å². The van der Waals surface area contributed by atoms with Crippen molar-refractivity contribution >= 4 is 39.3 Å². The fourth-order valence-electron chi connectivity index (χ4n) is 3.46. The highest BCUT2D eigenvalue weighted by Gasteiger charge is 2.18. The smallest absolute Gasteiger partial charge is 0.289 e. The Morgan fingerprint density at radius 2 is 1.72 bits per heavy atom. The Morgan fingerprint density at radius 3 is 2.53 bits per heavy atom. The van der Waals surface area contributed by atoms with Crippen LogP contribution in [0.5, 0.6) is 0 Å². The lowest BCUT2D eigenvalue weighted by Crippen LogP contribution is -2.41. The molecular formula is C22H20N6O3S. The van der Waals surface area contributed by atoms with E-state index in [1.54, 1.807) is 23.8 Å². The number of hydrogen-bond acceptors (Lipinski definition) is 7. The molecule has 9 nitrogen and oxygen atoms in total. The summed E-state index contributed by atoms with van der Waals surface area (Å²) in [5.74, 6) is -0.875. The molecule has 0 atom stereocenters. The van der Waals surface area contributed by atoms with Gasteiger partial charge >= 0.3 is 0 Å². The molecule has 1 aliphatic rings. The summed E-state index contributed by atoms with van der Waals surface area (Å²) < 4.78 is 7.29. The van der Waals surface area contributed by atoms with Gasteiger partial charge in [-0.3, -0.25) is 25.0 Å². The number of imidazole rings is 1. The van der Waals surface area contributed by atoms with Gasteiger partial charge in [0.05, 0.1) is 24.2 Å². The largest absolute Gasteiger partial charge is 0.378 e. The molecule has 32 heavy (non-hydrogen) atoms. The number of nitrogens with one attached hydrogen (secondary N) is 2. The van der Waals surface area contributed by atoms with Crippen LogP contribution in [0.3, 0.4) is 0 Å². The lowest BCUT2D eigenvalue weighted by atomic mass is 10.2. The molecule has 1 saturated heterocycles. The van der Waals surface area contributed by atoms with Crippen LogP contribution in [0.2, 0.25) is 0 Å². The van der Waals surface area contributed by atoms with Crippen LogP contribution < -0.4 is 15.8 Å². The van der Waals surface area contributed by atoms with Crippen LogP contribution in [-0.4, -0.2) is 52.7 Å². The van der Waals surface area contributed by atoms with Gasteiger partial charge in [-0.1, -0.05) is 12.1 Å². The molecule has 4 aromatic rings. The minimum Gasteiger partial charge on any atom is -0.378 e. The van der Waals surface area contributed by atoms with E-state index in [2.05, 4.69) is 25.7 Å². The van der Waals surface area contributed by atoms with Crippen molar-refractivity contribution < 1.29 is 14.3 Å². The Balaban J connectivity index is 1.21. The number of carbonyl (C=O) groups is 2. The summed E-state index contributed by atoms with van der Waals surface area (Å²) >= 11 is 1.39. The van der Waals surface area contributed by atoms with Crippen LogP contribution in [0.15, 0.2) is 60.2 Å². The highest BCUT2D eigenvalue weighted by atomic mass is 32.1. The van der Waals surface area contributed by atoms with Crippen LogP contribution in [0, 0.1) is 0 Å². The number of ether oxygens (including phenoxy) is 1. The Morgan fingerprint density at radius 1 is 0.969 bits per heavy atom. The molecule has 0 aliphatic carbocycles. The van der Waals surface area contributed by atoms with E-state index < -0.39 is 11.8 Å². The number of hydrogen-bond donors (Lipinski definition) is 2. The number of carbonyl (C=O) groups excluding carboxylic acids is 2. The molecule has 0 spiro atoms. The fourth-order valence-corrected chi connectivity index (χ4v) is 4.32. The van der Waals surface area contributed by atoms with Gasteiger partial charge in [0, 0.05) is 29.7 Å². The van der Waals surface area contributed by atoms with Crippen LogP contribution in [-0.2, 0) is 4.74 Å². The van der Waals surface area contributed by atoms with Crippen molar-refractivity contribution in [3.8, 4) is 5.69 Å². The van der Waals surface area contributed by atoms with Crippen LogP contribution in [0.1, 0.15) is 20.8 Å². The van der Waals surface area contributed by atoms with Crippen molar-refractivity contribution in [1.82, 2.24) is 25.4 Å². The molecule has 0 unspecified atom stereocenters. The molecule has 5 rings (SSSR count). The predicted molar refractivity (Wildman–Crippen MR) is 121 cm³/mol. The number of amides is 2. The summed E-state index contributed by atoms with van der Waals surface area (Å²) in [6.07, 6.45) is 1.75. The highest BCUT2D eigenvalue weighted by molar-refractivity contribution is 7.13. The number of rotatable bonds is 4. The zero-order chi connectivity index (χ0) is 21.9. The summed E-state index contributed by atoms with van der Waals surface area (Å²) in [5.41, 5.74) is 8.32. The molecule has 0 radical (unpaired) electrons. The van der Waals surface area contributed by atoms with Crippen molar-refractivity contribution in [3.05, 3.63) is 71.5 Å². The monoisotopic (exact) mass is 448 g/mol. The van der Waals surface area contributed by atoms with E-state index >= 15 is 0 Å². The zero-order valence-corrected chi connectivity index (χ0v) is 17.8. The number of anilines is 1. The second-order valence-electron chi connectivity index (χ2n) is 7.17. The summed E-state index contributed by atoms with van der Waals surface area (Å²) in [7, 11) is 0. The molecule has 1 fully saturated rings. The van der Waals surface area contributed by atoms with Gasteiger partial charge in [0.25, 0.3) is 11.8 Å². The van der Waals surface area contributed by atoms with Gasteiger partial charge in [-0.15, -0.1) is 11.3 Å². The molecule has 2 N–H and O–H groups in total. The summed E-state index contributed by atoms with van der Waals surface area (Å²) in [5, 5.41) is 2.45. The van der Waals surface area contributed by atoms with Gasteiger partial charge in [-0.25, -0.2) is 9.97 Å². The quantitative estimate of drug-likeness (QED) is 0.465. The molecule has 2 aromatic carbocycles. The highest BCUT2D eigenvalue weighted by Crippen LogP contribution is 2.21. The maximum atomic E-state index is 12.5. The average Bonchev–Trinajstić information content (AvgIpc) is 3.51. The molecule has 2 aromatic heterocycles. The third-order valence-electron chi connectivity index (χ3n) is 5.16. The minimum absolute atomic E-state index is 0.263. The second kappa shape index (κ2) is 8.77. The van der Waals surface area contributed by atoms with Gasteiger partial charge in [-0.05, 0) is 36.4 Å². The van der Waals surface area contributed by atoms with Crippen molar-refractivity contribution in [2.45, 2.75) is 0 Å². The predicted octanol–water partition coefficient (Wildman–Crippen LogP) is 2.39. The first-order chi connectivity index (χ1) is 15.7. The van der Waals surface area contributed by atoms with E-state index in [4.69, 9.17) is 4.74 Å². The van der Waals surface area contributed by atoms with Crippen LogP contribution >= 0.6 is 11.3 Å². The van der Waals surface area contributed by atoms with Crippen molar-refractivity contribution in [2.75, 3.05) is 31.2 Å². The van der Waals surface area contributed by atoms with Crippen molar-refractivity contribution in [3.63, 3.8) is 0 Å². The van der Waals surface area contributed by atoms with E-state index in [-0.39, 0.29) is 5.69 Å². The Hall–Kier alpha value is -3.76. The van der Waals surface area contributed by atoms with Crippen molar-refractivity contribution in [1.29, 1.82) is 0 Å². The maximum absolute atomic E-state index is 12.5. The summed E-state index contributed by atoms with van der Waals surface area (Å²) in [6, 6.07) is 14.9. The van der Waals surface area contributed by atoms with Gasteiger partial charge in [-0.2, -0.15) is 0 Å². The minimum atomic E-state index is -0.462. The third kappa shape index (κ3) is 4.05. The zero-order valence-electron chi connectivity index (χ0n) is 17.0.